The fourth-order valence-corrected chi connectivity index (χ4v) is 3.12. The Hall–Kier alpha value is -0.380. The molecule has 2 N–H and O–H groups in total. The summed E-state index contributed by atoms with van der Waals surface area (Å²) < 4.78 is 5.99. The molecule has 0 amide bonds. The Bertz CT molecular complexity index is 286. The van der Waals surface area contributed by atoms with Crippen LogP contribution in [-0.2, 0) is 11.2 Å². The third kappa shape index (κ3) is 3.30. The second-order valence-electron chi connectivity index (χ2n) is 4.52. The molecule has 1 aromatic heterocycles. The molecule has 2 rings (SSSR count). The summed E-state index contributed by atoms with van der Waals surface area (Å²) in [5.41, 5.74) is 5.78. The van der Waals surface area contributed by atoms with E-state index in [9.17, 15) is 0 Å². The maximum Gasteiger partial charge on any atom is 0.0615 e. The lowest BCUT2D eigenvalue weighted by Gasteiger charge is -2.30. The van der Waals surface area contributed by atoms with Gasteiger partial charge in [-0.15, -0.1) is 11.3 Å². The molecule has 0 radical (unpaired) electrons. The average molecular weight is 239 g/mol. The summed E-state index contributed by atoms with van der Waals surface area (Å²) in [7, 11) is 0. The van der Waals surface area contributed by atoms with Gasteiger partial charge in [-0.3, -0.25) is 0 Å². The van der Waals surface area contributed by atoms with Crippen molar-refractivity contribution in [1.82, 2.24) is 0 Å². The highest BCUT2D eigenvalue weighted by atomic mass is 32.1. The van der Waals surface area contributed by atoms with E-state index in [-0.39, 0.29) is 0 Å². The summed E-state index contributed by atoms with van der Waals surface area (Å²) in [5, 5.41) is 2.12. The summed E-state index contributed by atoms with van der Waals surface area (Å²) in [5.74, 6) is 0.595. The van der Waals surface area contributed by atoms with Crippen LogP contribution in [-0.4, -0.2) is 19.3 Å². The van der Waals surface area contributed by atoms with Crippen molar-refractivity contribution in [3.8, 4) is 0 Å². The van der Waals surface area contributed by atoms with Gasteiger partial charge in [-0.25, -0.2) is 0 Å². The minimum Gasteiger partial charge on any atom is -0.378 e. The Labute approximate surface area is 102 Å². The minimum absolute atomic E-state index is 0.415. The summed E-state index contributed by atoms with van der Waals surface area (Å²) >= 11 is 1.81. The molecule has 2 nitrogen and oxygen atoms in total. The molecule has 2 atom stereocenters. The van der Waals surface area contributed by atoms with Crippen LogP contribution >= 0.6 is 11.3 Å². The van der Waals surface area contributed by atoms with E-state index in [1.165, 1.54) is 30.6 Å². The topological polar surface area (TPSA) is 35.2 Å². The first-order chi connectivity index (χ1) is 7.90. The molecule has 0 saturated heterocycles. The normalized spacial score (nSPS) is 25.8. The van der Waals surface area contributed by atoms with E-state index in [0.29, 0.717) is 12.0 Å². The lowest BCUT2D eigenvalue weighted by Crippen LogP contribution is -2.33. The summed E-state index contributed by atoms with van der Waals surface area (Å²) in [6, 6.07) is 4.28. The summed E-state index contributed by atoms with van der Waals surface area (Å²) in [4.78, 5) is 1.42. The molecule has 0 spiro atoms. The fourth-order valence-electron chi connectivity index (χ4n) is 2.43. The van der Waals surface area contributed by atoms with E-state index in [0.717, 1.165) is 19.6 Å². The maximum atomic E-state index is 5.99. The van der Waals surface area contributed by atoms with Crippen LogP contribution < -0.4 is 5.73 Å². The van der Waals surface area contributed by atoms with Crippen molar-refractivity contribution >= 4 is 11.3 Å². The molecule has 3 heteroatoms. The van der Waals surface area contributed by atoms with Crippen LogP contribution in [0.4, 0.5) is 0 Å². The predicted octanol–water partition coefficient (Wildman–Crippen LogP) is 2.82. The first-order valence-corrected chi connectivity index (χ1v) is 7.12. The number of rotatable bonds is 5. The molecule has 1 heterocycles. The standard InChI is InChI=1S/C13H21NOS/c14-10-11-4-1-2-6-13(11)15-8-7-12-5-3-9-16-12/h3,5,9,11,13H,1-2,4,6-8,10,14H2. The van der Waals surface area contributed by atoms with Gasteiger partial charge in [0.25, 0.3) is 0 Å². The van der Waals surface area contributed by atoms with Crippen LogP contribution in [0.5, 0.6) is 0 Å². The van der Waals surface area contributed by atoms with Crippen LogP contribution in [0.25, 0.3) is 0 Å². The van der Waals surface area contributed by atoms with Gasteiger partial charge in [-0.05, 0) is 36.8 Å². The lowest BCUT2D eigenvalue weighted by molar-refractivity contribution is -0.00613. The van der Waals surface area contributed by atoms with Crippen molar-refractivity contribution in [2.45, 2.75) is 38.2 Å². The van der Waals surface area contributed by atoms with Gasteiger partial charge in [0.05, 0.1) is 12.7 Å². The van der Waals surface area contributed by atoms with Crippen molar-refractivity contribution < 1.29 is 4.74 Å². The third-order valence-electron chi connectivity index (χ3n) is 3.40. The van der Waals surface area contributed by atoms with E-state index in [4.69, 9.17) is 10.5 Å². The number of nitrogens with two attached hydrogens (primary N) is 1. The van der Waals surface area contributed by atoms with Gasteiger partial charge in [0.15, 0.2) is 0 Å². The molecule has 1 aromatic rings. The molecular weight excluding hydrogens is 218 g/mol. The molecular formula is C13H21NOS. The van der Waals surface area contributed by atoms with Crippen LogP contribution in [0.15, 0.2) is 17.5 Å². The molecule has 0 bridgehead atoms. The van der Waals surface area contributed by atoms with E-state index < -0.39 is 0 Å². The smallest absolute Gasteiger partial charge is 0.0615 e. The fraction of sp³-hybridized carbons (Fsp3) is 0.692. The molecule has 1 fully saturated rings. The zero-order valence-electron chi connectivity index (χ0n) is 9.73. The predicted molar refractivity (Wildman–Crippen MR) is 68.8 cm³/mol. The maximum absolute atomic E-state index is 5.99. The highest BCUT2D eigenvalue weighted by molar-refractivity contribution is 7.09. The molecule has 90 valence electrons. The third-order valence-corrected chi connectivity index (χ3v) is 4.34. The van der Waals surface area contributed by atoms with Gasteiger partial charge in [0, 0.05) is 11.3 Å². The quantitative estimate of drug-likeness (QED) is 0.857. The van der Waals surface area contributed by atoms with Crippen molar-refractivity contribution in [2.75, 3.05) is 13.2 Å². The molecule has 0 aliphatic heterocycles. The minimum atomic E-state index is 0.415. The van der Waals surface area contributed by atoms with Gasteiger partial charge < -0.3 is 10.5 Å². The van der Waals surface area contributed by atoms with Crippen molar-refractivity contribution in [2.24, 2.45) is 11.7 Å². The van der Waals surface area contributed by atoms with E-state index >= 15 is 0 Å². The van der Waals surface area contributed by atoms with E-state index in [1.54, 1.807) is 0 Å². The number of ether oxygens (including phenoxy) is 1. The molecule has 16 heavy (non-hydrogen) atoms. The largest absolute Gasteiger partial charge is 0.378 e. The van der Waals surface area contributed by atoms with Crippen LogP contribution in [0.3, 0.4) is 0 Å². The second kappa shape index (κ2) is 6.38. The summed E-state index contributed by atoms with van der Waals surface area (Å²) in [6.45, 7) is 1.63. The molecule has 1 aliphatic carbocycles. The molecule has 1 saturated carbocycles. The van der Waals surface area contributed by atoms with E-state index in [1.807, 2.05) is 11.3 Å². The van der Waals surface area contributed by atoms with E-state index in [2.05, 4.69) is 17.5 Å². The van der Waals surface area contributed by atoms with Gasteiger partial charge in [-0.2, -0.15) is 0 Å². The Morgan fingerprint density at radius 3 is 3.00 bits per heavy atom. The van der Waals surface area contributed by atoms with Crippen LogP contribution in [0.1, 0.15) is 30.6 Å². The Balaban J connectivity index is 1.71. The molecule has 0 aromatic carbocycles. The second-order valence-corrected chi connectivity index (χ2v) is 5.55. The van der Waals surface area contributed by atoms with Gasteiger partial charge in [0.2, 0.25) is 0 Å². The molecule has 2 unspecified atom stereocenters. The first-order valence-electron chi connectivity index (χ1n) is 6.24. The van der Waals surface area contributed by atoms with Gasteiger partial charge in [-0.1, -0.05) is 18.9 Å². The zero-order valence-corrected chi connectivity index (χ0v) is 10.5. The number of thiophene rings is 1. The Morgan fingerprint density at radius 1 is 1.38 bits per heavy atom. The Morgan fingerprint density at radius 2 is 2.25 bits per heavy atom. The highest BCUT2D eigenvalue weighted by Crippen LogP contribution is 2.26. The first kappa shape index (κ1) is 12.1. The van der Waals surface area contributed by atoms with Crippen molar-refractivity contribution in [3.05, 3.63) is 22.4 Å². The number of hydrogen-bond donors (Lipinski definition) is 1. The highest BCUT2D eigenvalue weighted by Gasteiger charge is 2.24. The number of hydrogen-bond acceptors (Lipinski definition) is 3. The zero-order chi connectivity index (χ0) is 11.2. The van der Waals surface area contributed by atoms with Crippen molar-refractivity contribution in [1.29, 1.82) is 0 Å². The Kier molecular flexibility index (Phi) is 4.82. The van der Waals surface area contributed by atoms with Gasteiger partial charge >= 0.3 is 0 Å². The average Bonchev–Trinajstić information content (AvgIpc) is 2.83. The van der Waals surface area contributed by atoms with Crippen LogP contribution in [0, 0.1) is 5.92 Å². The lowest BCUT2D eigenvalue weighted by atomic mass is 9.86. The summed E-state index contributed by atoms with van der Waals surface area (Å²) in [6.07, 6.45) is 6.55. The monoisotopic (exact) mass is 239 g/mol. The van der Waals surface area contributed by atoms with Gasteiger partial charge in [0.1, 0.15) is 0 Å². The van der Waals surface area contributed by atoms with Crippen molar-refractivity contribution in [3.63, 3.8) is 0 Å². The molecule has 1 aliphatic rings. The van der Waals surface area contributed by atoms with Crippen LogP contribution in [0.2, 0.25) is 0 Å². The SMILES string of the molecule is NCC1CCCCC1OCCc1cccs1.